The highest BCUT2D eigenvalue weighted by molar-refractivity contribution is 5.78. The molecule has 6 nitrogen and oxygen atoms in total. The SMILES string of the molecule is CC(NC(=O)CN1Cc2ccccc2C1)c1nc(C2CC2)no1. The lowest BCUT2D eigenvalue weighted by Gasteiger charge is -2.16. The quantitative estimate of drug-likeness (QED) is 0.916. The molecule has 4 rings (SSSR count). The maximum absolute atomic E-state index is 12.2. The second kappa shape index (κ2) is 5.77. The van der Waals surface area contributed by atoms with Crippen LogP contribution < -0.4 is 5.32 Å². The summed E-state index contributed by atoms with van der Waals surface area (Å²) in [5.74, 6) is 1.70. The molecule has 1 aromatic heterocycles. The summed E-state index contributed by atoms with van der Waals surface area (Å²) in [5.41, 5.74) is 2.61. The van der Waals surface area contributed by atoms with Crippen LogP contribution >= 0.6 is 0 Å². The number of hydrogen-bond acceptors (Lipinski definition) is 5. The average Bonchev–Trinajstić information content (AvgIpc) is 3.11. The van der Waals surface area contributed by atoms with Crippen molar-refractivity contribution in [1.29, 1.82) is 0 Å². The monoisotopic (exact) mass is 312 g/mol. The van der Waals surface area contributed by atoms with Crippen LogP contribution in [-0.2, 0) is 17.9 Å². The maximum atomic E-state index is 12.2. The van der Waals surface area contributed by atoms with Gasteiger partial charge in [-0.15, -0.1) is 0 Å². The number of carbonyl (C=O) groups excluding carboxylic acids is 1. The minimum absolute atomic E-state index is 0.0171. The van der Waals surface area contributed by atoms with E-state index in [9.17, 15) is 4.79 Å². The predicted octanol–water partition coefficient (Wildman–Crippen LogP) is 2.14. The molecule has 2 aliphatic rings. The largest absolute Gasteiger partial charge is 0.343 e. The molecule has 1 unspecified atom stereocenters. The van der Waals surface area contributed by atoms with E-state index in [0.29, 0.717) is 18.4 Å². The summed E-state index contributed by atoms with van der Waals surface area (Å²) in [5, 5.41) is 6.93. The van der Waals surface area contributed by atoms with Gasteiger partial charge in [0.15, 0.2) is 5.82 Å². The van der Waals surface area contributed by atoms with Gasteiger partial charge < -0.3 is 9.84 Å². The Morgan fingerprint density at radius 3 is 2.70 bits per heavy atom. The summed E-state index contributed by atoms with van der Waals surface area (Å²) in [6.45, 7) is 3.90. The van der Waals surface area contributed by atoms with Crippen molar-refractivity contribution >= 4 is 5.91 Å². The normalized spacial score (nSPS) is 18.7. The van der Waals surface area contributed by atoms with E-state index in [0.717, 1.165) is 31.8 Å². The Bertz CT molecular complexity index is 698. The first-order valence-electron chi connectivity index (χ1n) is 8.11. The summed E-state index contributed by atoms with van der Waals surface area (Å²) in [4.78, 5) is 18.8. The third-order valence-electron chi connectivity index (χ3n) is 4.42. The molecule has 2 aromatic rings. The predicted molar refractivity (Wildman–Crippen MR) is 83.4 cm³/mol. The molecular weight excluding hydrogens is 292 g/mol. The highest BCUT2D eigenvalue weighted by Gasteiger charge is 2.30. The van der Waals surface area contributed by atoms with E-state index in [-0.39, 0.29) is 11.9 Å². The van der Waals surface area contributed by atoms with Crippen LogP contribution in [0, 0.1) is 0 Å². The number of carbonyl (C=O) groups is 1. The zero-order valence-corrected chi connectivity index (χ0v) is 13.2. The van der Waals surface area contributed by atoms with E-state index < -0.39 is 0 Å². The fraction of sp³-hybridized carbons (Fsp3) is 0.471. The van der Waals surface area contributed by atoms with Gasteiger partial charge in [-0.05, 0) is 30.9 Å². The first-order chi connectivity index (χ1) is 11.2. The maximum Gasteiger partial charge on any atom is 0.248 e. The van der Waals surface area contributed by atoms with Gasteiger partial charge in [0.05, 0.1) is 6.54 Å². The molecule has 0 spiro atoms. The lowest BCUT2D eigenvalue weighted by atomic mass is 10.1. The number of nitrogens with one attached hydrogen (secondary N) is 1. The molecule has 1 saturated carbocycles. The lowest BCUT2D eigenvalue weighted by molar-refractivity contribution is -0.123. The lowest BCUT2D eigenvalue weighted by Crippen LogP contribution is -2.36. The molecule has 1 amide bonds. The Hall–Kier alpha value is -2.21. The Kier molecular flexibility index (Phi) is 3.61. The summed E-state index contributed by atoms with van der Waals surface area (Å²) >= 11 is 0. The van der Waals surface area contributed by atoms with Crippen LogP contribution in [0.15, 0.2) is 28.8 Å². The van der Waals surface area contributed by atoms with E-state index in [1.807, 2.05) is 19.1 Å². The average molecular weight is 312 g/mol. The molecule has 1 aromatic carbocycles. The first-order valence-corrected chi connectivity index (χ1v) is 8.11. The third kappa shape index (κ3) is 3.12. The smallest absolute Gasteiger partial charge is 0.248 e. The van der Waals surface area contributed by atoms with Crippen LogP contribution in [0.25, 0.3) is 0 Å². The van der Waals surface area contributed by atoms with Crippen molar-refractivity contribution in [2.24, 2.45) is 0 Å². The highest BCUT2D eigenvalue weighted by Crippen LogP contribution is 2.38. The molecule has 6 heteroatoms. The molecule has 0 bridgehead atoms. The highest BCUT2D eigenvalue weighted by atomic mass is 16.5. The number of hydrogen-bond donors (Lipinski definition) is 1. The van der Waals surface area contributed by atoms with Crippen molar-refractivity contribution in [2.75, 3.05) is 6.54 Å². The van der Waals surface area contributed by atoms with Gasteiger partial charge in [-0.3, -0.25) is 9.69 Å². The van der Waals surface area contributed by atoms with Crippen molar-refractivity contribution < 1.29 is 9.32 Å². The molecule has 120 valence electrons. The van der Waals surface area contributed by atoms with Gasteiger partial charge in [-0.2, -0.15) is 4.98 Å². The Morgan fingerprint density at radius 1 is 1.35 bits per heavy atom. The second-order valence-electron chi connectivity index (χ2n) is 6.47. The molecule has 1 aliphatic heterocycles. The van der Waals surface area contributed by atoms with Crippen LogP contribution in [0.5, 0.6) is 0 Å². The van der Waals surface area contributed by atoms with E-state index in [4.69, 9.17) is 4.52 Å². The Labute approximate surface area is 134 Å². The molecule has 0 radical (unpaired) electrons. The van der Waals surface area contributed by atoms with Gasteiger partial charge in [0.2, 0.25) is 11.8 Å². The third-order valence-corrected chi connectivity index (χ3v) is 4.42. The van der Waals surface area contributed by atoms with Crippen molar-refractivity contribution in [3.63, 3.8) is 0 Å². The fourth-order valence-electron chi connectivity index (χ4n) is 3.00. The molecule has 1 aliphatic carbocycles. The van der Waals surface area contributed by atoms with E-state index in [1.54, 1.807) is 0 Å². The van der Waals surface area contributed by atoms with E-state index in [2.05, 4.69) is 32.5 Å². The molecule has 23 heavy (non-hydrogen) atoms. The van der Waals surface area contributed by atoms with Crippen molar-refractivity contribution in [3.05, 3.63) is 47.1 Å². The Morgan fingerprint density at radius 2 is 2.04 bits per heavy atom. The number of fused-ring (bicyclic) bond motifs is 1. The summed E-state index contributed by atoms with van der Waals surface area (Å²) in [6, 6.07) is 8.06. The number of nitrogens with zero attached hydrogens (tertiary/aromatic N) is 3. The number of amides is 1. The van der Waals surface area contributed by atoms with Crippen molar-refractivity contribution in [3.8, 4) is 0 Å². The summed E-state index contributed by atoms with van der Waals surface area (Å²) < 4.78 is 5.26. The fourth-order valence-corrected chi connectivity index (χ4v) is 3.00. The van der Waals surface area contributed by atoms with Gasteiger partial charge in [0.1, 0.15) is 6.04 Å². The summed E-state index contributed by atoms with van der Waals surface area (Å²) in [6.07, 6.45) is 2.27. The zero-order valence-electron chi connectivity index (χ0n) is 13.2. The van der Waals surface area contributed by atoms with E-state index in [1.165, 1.54) is 11.1 Å². The number of aromatic nitrogens is 2. The van der Waals surface area contributed by atoms with Crippen molar-refractivity contribution in [1.82, 2.24) is 20.4 Å². The molecule has 1 fully saturated rings. The standard InChI is InChI=1S/C17H20N4O2/c1-11(17-19-16(20-23-17)12-6-7-12)18-15(22)10-21-8-13-4-2-3-5-14(13)9-21/h2-5,11-12H,6-10H2,1H3,(H,18,22). The molecular formula is C17H20N4O2. The van der Waals surface area contributed by atoms with Gasteiger partial charge in [0.25, 0.3) is 0 Å². The van der Waals surface area contributed by atoms with Gasteiger partial charge in [0, 0.05) is 19.0 Å². The van der Waals surface area contributed by atoms with Gasteiger partial charge in [-0.1, -0.05) is 29.4 Å². The topological polar surface area (TPSA) is 71.3 Å². The van der Waals surface area contributed by atoms with Crippen LogP contribution in [0.4, 0.5) is 0 Å². The first kappa shape index (κ1) is 14.4. The minimum atomic E-state index is -0.257. The Balaban J connectivity index is 1.31. The van der Waals surface area contributed by atoms with Crippen LogP contribution in [0.3, 0.4) is 0 Å². The summed E-state index contributed by atoms with van der Waals surface area (Å²) in [7, 11) is 0. The van der Waals surface area contributed by atoms with E-state index >= 15 is 0 Å². The van der Waals surface area contributed by atoms with Gasteiger partial charge in [-0.25, -0.2) is 0 Å². The van der Waals surface area contributed by atoms with Crippen LogP contribution in [0.1, 0.15) is 54.6 Å². The van der Waals surface area contributed by atoms with Crippen LogP contribution in [-0.4, -0.2) is 27.5 Å². The number of rotatable bonds is 5. The number of benzene rings is 1. The second-order valence-corrected chi connectivity index (χ2v) is 6.47. The van der Waals surface area contributed by atoms with Crippen molar-refractivity contribution in [2.45, 2.75) is 44.8 Å². The zero-order chi connectivity index (χ0) is 15.8. The van der Waals surface area contributed by atoms with Crippen LogP contribution in [0.2, 0.25) is 0 Å². The van der Waals surface area contributed by atoms with Gasteiger partial charge >= 0.3 is 0 Å². The molecule has 2 heterocycles. The molecule has 1 N–H and O–H groups in total. The minimum Gasteiger partial charge on any atom is -0.343 e. The molecule has 1 atom stereocenters. The molecule has 0 saturated heterocycles.